The Kier molecular flexibility index (Phi) is 5.10. The molecule has 2 N–H and O–H groups in total. The van der Waals surface area contributed by atoms with Gasteiger partial charge >= 0.3 is 0 Å². The molecule has 0 aromatic heterocycles. The van der Waals surface area contributed by atoms with E-state index in [-0.39, 0.29) is 11.9 Å². The standard InChI is InChI=1S/C18H23FN2/c1-13-4-7-15(8-5-13)12-21(3)18(11-20)17-10-16(19)9-6-14(17)2/h4-10,18H,11-12,20H2,1-3H3. The van der Waals surface area contributed by atoms with Gasteiger partial charge in [-0.15, -0.1) is 0 Å². The highest BCUT2D eigenvalue weighted by Gasteiger charge is 2.18. The minimum absolute atomic E-state index is 0.0157. The Morgan fingerprint density at radius 3 is 2.38 bits per heavy atom. The van der Waals surface area contributed by atoms with Crippen molar-refractivity contribution in [3.63, 3.8) is 0 Å². The van der Waals surface area contributed by atoms with E-state index < -0.39 is 0 Å². The summed E-state index contributed by atoms with van der Waals surface area (Å²) in [6.45, 7) is 5.33. The molecule has 2 aromatic rings. The molecular weight excluding hydrogens is 263 g/mol. The van der Waals surface area contributed by atoms with Gasteiger partial charge in [0.1, 0.15) is 5.82 Å². The van der Waals surface area contributed by atoms with Crippen LogP contribution in [0, 0.1) is 19.7 Å². The lowest BCUT2D eigenvalue weighted by Crippen LogP contribution is -2.30. The molecule has 0 heterocycles. The van der Waals surface area contributed by atoms with Crippen LogP contribution in [-0.2, 0) is 6.54 Å². The van der Waals surface area contributed by atoms with Crippen molar-refractivity contribution >= 4 is 0 Å². The Morgan fingerprint density at radius 1 is 1.10 bits per heavy atom. The van der Waals surface area contributed by atoms with Crippen molar-refractivity contribution in [2.24, 2.45) is 5.73 Å². The number of hydrogen-bond donors (Lipinski definition) is 1. The molecule has 112 valence electrons. The second kappa shape index (κ2) is 6.83. The summed E-state index contributed by atoms with van der Waals surface area (Å²) in [7, 11) is 2.03. The van der Waals surface area contributed by atoms with Crippen LogP contribution in [0.25, 0.3) is 0 Å². The normalized spacial score (nSPS) is 12.7. The largest absolute Gasteiger partial charge is 0.329 e. The Labute approximate surface area is 126 Å². The predicted octanol–water partition coefficient (Wildman–Crippen LogP) is 3.57. The van der Waals surface area contributed by atoms with Crippen LogP contribution in [0.5, 0.6) is 0 Å². The van der Waals surface area contributed by atoms with Crippen LogP contribution < -0.4 is 5.73 Å². The van der Waals surface area contributed by atoms with Gasteiger partial charge in [0.15, 0.2) is 0 Å². The van der Waals surface area contributed by atoms with Gasteiger partial charge in [-0.1, -0.05) is 35.9 Å². The van der Waals surface area contributed by atoms with Crippen molar-refractivity contribution in [3.05, 3.63) is 70.5 Å². The molecule has 0 aliphatic rings. The average molecular weight is 286 g/mol. The van der Waals surface area contributed by atoms with Gasteiger partial charge in [0.25, 0.3) is 0 Å². The molecule has 0 saturated heterocycles. The van der Waals surface area contributed by atoms with Crippen LogP contribution in [-0.4, -0.2) is 18.5 Å². The molecule has 0 radical (unpaired) electrons. The van der Waals surface area contributed by atoms with Crippen LogP contribution in [0.1, 0.15) is 28.3 Å². The van der Waals surface area contributed by atoms with Crippen molar-refractivity contribution in [2.75, 3.05) is 13.6 Å². The Hall–Kier alpha value is -1.71. The number of likely N-dealkylation sites (N-methyl/N-ethyl adjacent to an activating group) is 1. The summed E-state index contributed by atoms with van der Waals surface area (Å²) in [5.74, 6) is -0.210. The lowest BCUT2D eigenvalue weighted by Gasteiger charge is -2.28. The average Bonchev–Trinajstić information content (AvgIpc) is 2.46. The minimum atomic E-state index is -0.210. The molecule has 21 heavy (non-hydrogen) atoms. The van der Waals surface area contributed by atoms with E-state index in [1.54, 1.807) is 6.07 Å². The Bertz CT molecular complexity index is 593. The number of aryl methyl sites for hydroxylation is 2. The smallest absolute Gasteiger partial charge is 0.123 e. The van der Waals surface area contributed by atoms with Gasteiger partial charge in [0.05, 0.1) is 0 Å². The van der Waals surface area contributed by atoms with Gasteiger partial charge in [0, 0.05) is 19.1 Å². The number of rotatable bonds is 5. The first-order valence-electron chi connectivity index (χ1n) is 7.23. The van der Waals surface area contributed by atoms with Gasteiger partial charge in [-0.05, 0) is 49.7 Å². The third-order valence-electron chi connectivity index (χ3n) is 3.91. The molecule has 0 saturated carbocycles. The zero-order chi connectivity index (χ0) is 15.4. The lowest BCUT2D eigenvalue weighted by molar-refractivity contribution is 0.240. The summed E-state index contributed by atoms with van der Waals surface area (Å²) >= 11 is 0. The fraction of sp³-hybridized carbons (Fsp3) is 0.333. The second-order valence-electron chi connectivity index (χ2n) is 5.65. The van der Waals surface area contributed by atoms with Crippen molar-refractivity contribution in [3.8, 4) is 0 Å². The first kappa shape index (κ1) is 15.7. The molecule has 2 rings (SSSR count). The molecule has 0 amide bonds. The zero-order valence-corrected chi connectivity index (χ0v) is 12.9. The highest BCUT2D eigenvalue weighted by atomic mass is 19.1. The van der Waals surface area contributed by atoms with Gasteiger partial charge < -0.3 is 5.73 Å². The molecule has 0 fully saturated rings. The molecule has 1 atom stereocenters. The van der Waals surface area contributed by atoms with Gasteiger partial charge in [-0.3, -0.25) is 4.90 Å². The van der Waals surface area contributed by atoms with Crippen LogP contribution in [0.4, 0.5) is 4.39 Å². The Morgan fingerprint density at radius 2 is 1.76 bits per heavy atom. The first-order valence-corrected chi connectivity index (χ1v) is 7.23. The monoisotopic (exact) mass is 286 g/mol. The molecule has 1 unspecified atom stereocenters. The predicted molar refractivity (Wildman–Crippen MR) is 85.6 cm³/mol. The van der Waals surface area contributed by atoms with E-state index in [2.05, 4.69) is 36.1 Å². The van der Waals surface area contributed by atoms with Gasteiger partial charge in [0.2, 0.25) is 0 Å². The zero-order valence-electron chi connectivity index (χ0n) is 12.9. The SMILES string of the molecule is Cc1ccc(CN(C)C(CN)c2cc(F)ccc2C)cc1. The second-order valence-corrected chi connectivity index (χ2v) is 5.65. The van der Waals surface area contributed by atoms with Crippen molar-refractivity contribution in [1.82, 2.24) is 4.90 Å². The molecule has 2 nitrogen and oxygen atoms in total. The fourth-order valence-corrected chi connectivity index (χ4v) is 2.61. The molecule has 2 aromatic carbocycles. The third kappa shape index (κ3) is 3.90. The molecule has 0 bridgehead atoms. The number of nitrogens with two attached hydrogens (primary N) is 1. The van der Waals surface area contributed by atoms with E-state index in [4.69, 9.17) is 5.73 Å². The van der Waals surface area contributed by atoms with Crippen molar-refractivity contribution in [2.45, 2.75) is 26.4 Å². The van der Waals surface area contributed by atoms with E-state index in [1.165, 1.54) is 17.2 Å². The Balaban J connectivity index is 2.20. The van der Waals surface area contributed by atoms with Crippen LogP contribution in [0.3, 0.4) is 0 Å². The lowest BCUT2D eigenvalue weighted by atomic mass is 9.99. The summed E-state index contributed by atoms with van der Waals surface area (Å²) < 4.78 is 13.5. The quantitative estimate of drug-likeness (QED) is 0.910. The fourth-order valence-electron chi connectivity index (χ4n) is 2.61. The van der Waals surface area contributed by atoms with E-state index in [9.17, 15) is 4.39 Å². The molecule has 0 aliphatic heterocycles. The molecule has 3 heteroatoms. The first-order chi connectivity index (χ1) is 10.0. The van der Waals surface area contributed by atoms with Gasteiger partial charge in [-0.2, -0.15) is 0 Å². The molecule has 0 aliphatic carbocycles. The highest BCUT2D eigenvalue weighted by molar-refractivity contribution is 5.30. The molecular formula is C18H23FN2. The topological polar surface area (TPSA) is 29.3 Å². The maximum Gasteiger partial charge on any atom is 0.123 e. The van der Waals surface area contributed by atoms with Crippen molar-refractivity contribution in [1.29, 1.82) is 0 Å². The van der Waals surface area contributed by atoms with Crippen molar-refractivity contribution < 1.29 is 4.39 Å². The van der Waals surface area contributed by atoms with Gasteiger partial charge in [-0.25, -0.2) is 4.39 Å². The van der Waals surface area contributed by atoms with Crippen LogP contribution >= 0.6 is 0 Å². The van der Waals surface area contributed by atoms with E-state index in [0.29, 0.717) is 6.54 Å². The van der Waals surface area contributed by atoms with E-state index >= 15 is 0 Å². The summed E-state index contributed by atoms with van der Waals surface area (Å²) in [6, 6.07) is 13.4. The maximum atomic E-state index is 13.5. The highest BCUT2D eigenvalue weighted by Crippen LogP contribution is 2.24. The summed E-state index contributed by atoms with van der Waals surface area (Å²) in [6.07, 6.45) is 0. The number of nitrogens with zero attached hydrogens (tertiary/aromatic N) is 1. The summed E-state index contributed by atoms with van der Waals surface area (Å²) in [4.78, 5) is 2.17. The third-order valence-corrected chi connectivity index (χ3v) is 3.91. The summed E-state index contributed by atoms with van der Waals surface area (Å²) in [5, 5.41) is 0. The number of halogens is 1. The van der Waals surface area contributed by atoms with Crippen LogP contribution in [0.2, 0.25) is 0 Å². The summed E-state index contributed by atoms with van der Waals surface area (Å²) in [5.41, 5.74) is 10.5. The number of hydrogen-bond acceptors (Lipinski definition) is 2. The molecule has 0 spiro atoms. The van der Waals surface area contributed by atoms with Crippen LogP contribution in [0.15, 0.2) is 42.5 Å². The maximum absolute atomic E-state index is 13.5. The van der Waals surface area contributed by atoms with E-state index in [0.717, 1.165) is 17.7 Å². The number of benzene rings is 2. The minimum Gasteiger partial charge on any atom is -0.329 e. The van der Waals surface area contributed by atoms with E-state index in [1.807, 2.05) is 20.0 Å².